The Morgan fingerprint density at radius 2 is 2.15 bits per heavy atom. The number of rotatable bonds is 1. The zero-order valence-electron chi connectivity index (χ0n) is 6.99. The molecular formula is C6H12ClN3OS2. The highest BCUT2D eigenvalue weighted by Crippen LogP contribution is 2.18. The number of halogens is 1. The molecule has 76 valence electrons. The molecule has 0 bridgehead atoms. The molecule has 0 aromatic carbocycles. The molecule has 2 N–H and O–H groups in total. The molecule has 0 amide bonds. The quantitative estimate of drug-likeness (QED) is 0.637. The maximum atomic E-state index is 5.25. The number of nitrogens with zero attached hydrogens (tertiary/aromatic N) is 1. The van der Waals surface area contributed by atoms with E-state index in [-0.39, 0.29) is 12.4 Å². The lowest BCUT2D eigenvalue weighted by molar-refractivity contribution is 0.0274. The van der Waals surface area contributed by atoms with Crippen molar-refractivity contribution in [2.75, 3.05) is 26.3 Å². The van der Waals surface area contributed by atoms with Gasteiger partial charge in [-0.05, 0) is 0 Å². The largest absolute Gasteiger partial charge is 0.379 e. The Balaban J connectivity index is 0.000000845. The van der Waals surface area contributed by atoms with Gasteiger partial charge in [0.25, 0.3) is 0 Å². The summed E-state index contributed by atoms with van der Waals surface area (Å²) in [5, 5.41) is 0. The molecule has 1 unspecified atom stereocenters. The van der Waals surface area contributed by atoms with Crippen LogP contribution in [0.4, 0.5) is 0 Å². The molecule has 2 rings (SSSR count). The number of thioether (sulfide) groups is 1. The van der Waals surface area contributed by atoms with Gasteiger partial charge in [0.2, 0.25) is 0 Å². The van der Waals surface area contributed by atoms with Crippen LogP contribution in [-0.4, -0.2) is 41.0 Å². The Labute approximate surface area is 93.1 Å². The molecule has 7 heteroatoms. The standard InChI is InChI=1S/C6H11N3OS2.ClH/c11-6-8-7-5(12-6)9-1-3-10-4-2-9;/h5,7H,1-4H2,(H,8,11);1H. The number of nitrogens with one attached hydrogen (secondary N) is 2. The summed E-state index contributed by atoms with van der Waals surface area (Å²) in [5.74, 6) is 0. The number of hydrazine groups is 1. The van der Waals surface area contributed by atoms with Gasteiger partial charge < -0.3 is 10.2 Å². The highest BCUT2D eigenvalue weighted by Gasteiger charge is 2.26. The molecule has 0 spiro atoms. The van der Waals surface area contributed by atoms with E-state index in [1.54, 1.807) is 11.8 Å². The molecule has 0 aliphatic carbocycles. The SMILES string of the molecule is Cl.S=C1NNC(N2CCOCC2)S1. The van der Waals surface area contributed by atoms with E-state index >= 15 is 0 Å². The summed E-state index contributed by atoms with van der Waals surface area (Å²) >= 11 is 6.65. The smallest absolute Gasteiger partial charge is 0.150 e. The van der Waals surface area contributed by atoms with Gasteiger partial charge in [0.1, 0.15) is 5.50 Å². The van der Waals surface area contributed by atoms with Gasteiger partial charge in [-0.15, -0.1) is 12.4 Å². The zero-order chi connectivity index (χ0) is 8.39. The molecule has 0 aromatic rings. The average molecular weight is 242 g/mol. The van der Waals surface area contributed by atoms with Gasteiger partial charge in [-0.2, -0.15) is 0 Å². The summed E-state index contributed by atoms with van der Waals surface area (Å²) in [6.45, 7) is 3.61. The van der Waals surface area contributed by atoms with Gasteiger partial charge in [0.15, 0.2) is 4.32 Å². The van der Waals surface area contributed by atoms with Crippen LogP contribution in [0.5, 0.6) is 0 Å². The van der Waals surface area contributed by atoms with E-state index in [4.69, 9.17) is 17.0 Å². The zero-order valence-corrected chi connectivity index (χ0v) is 9.44. The van der Waals surface area contributed by atoms with Crippen molar-refractivity contribution in [2.24, 2.45) is 0 Å². The first-order valence-corrected chi connectivity index (χ1v) is 5.19. The maximum absolute atomic E-state index is 5.25. The second-order valence-electron chi connectivity index (χ2n) is 2.68. The molecule has 13 heavy (non-hydrogen) atoms. The highest BCUT2D eigenvalue weighted by molar-refractivity contribution is 8.23. The van der Waals surface area contributed by atoms with Crippen molar-refractivity contribution in [2.45, 2.75) is 5.50 Å². The lowest BCUT2D eigenvalue weighted by Gasteiger charge is -2.30. The van der Waals surface area contributed by atoms with Gasteiger partial charge in [0, 0.05) is 13.1 Å². The predicted molar refractivity (Wildman–Crippen MR) is 59.9 cm³/mol. The molecule has 2 saturated heterocycles. The summed E-state index contributed by atoms with van der Waals surface area (Å²) < 4.78 is 6.08. The van der Waals surface area contributed by atoms with Crippen LogP contribution < -0.4 is 10.9 Å². The first-order chi connectivity index (χ1) is 5.86. The van der Waals surface area contributed by atoms with E-state index in [9.17, 15) is 0 Å². The molecule has 2 heterocycles. The Morgan fingerprint density at radius 3 is 2.69 bits per heavy atom. The molecule has 0 radical (unpaired) electrons. The van der Waals surface area contributed by atoms with Crippen LogP contribution in [0.2, 0.25) is 0 Å². The van der Waals surface area contributed by atoms with Crippen LogP contribution in [0.15, 0.2) is 0 Å². The number of hydrogen-bond acceptors (Lipinski definition) is 5. The summed E-state index contributed by atoms with van der Waals surface area (Å²) in [6.07, 6.45) is 0. The van der Waals surface area contributed by atoms with E-state index in [2.05, 4.69) is 15.8 Å². The highest BCUT2D eigenvalue weighted by atomic mass is 35.5. The fourth-order valence-corrected chi connectivity index (χ4v) is 2.39. The topological polar surface area (TPSA) is 36.5 Å². The van der Waals surface area contributed by atoms with Gasteiger partial charge in [0.05, 0.1) is 13.2 Å². The molecule has 2 aliphatic rings. The second kappa shape index (κ2) is 5.33. The van der Waals surface area contributed by atoms with E-state index in [0.717, 1.165) is 30.6 Å². The lowest BCUT2D eigenvalue weighted by Crippen LogP contribution is -2.48. The van der Waals surface area contributed by atoms with Crippen LogP contribution in [-0.2, 0) is 4.74 Å². The fraction of sp³-hybridized carbons (Fsp3) is 0.833. The van der Waals surface area contributed by atoms with Crippen molar-refractivity contribution in [3.8, 4) is 0 Å². The number of hydrogen-bond donors (Lipinski definition) is 2. The third-order valence-corrected chi connectivity index (χ3v) is 3.24. The normalized spacial score (nSPS) is 29.5. The summed E-state index contributed by atoms with van der Waals surface area (Å²) in [6, 6.07) is 0. The molecule has 1 atom stereocenters. The van der Waals surface area contributed by atoms with Crippen molar-refractivity contribution in [1.82, 2.24) is 15.8 Å². The fourth-order valence-electron chi connectivity index (χ4n) is 1.26. The third kappa shape index (κ3) is 2.93. The minimum atomic E-state index is 0. The number of ether oxygens (including phenoxy) is 1. The summed E-state index contributed by atoms with van der Waals surface area (Å²) in [7, 11) is 0. The third-order valence-electron chi connectivity index (χ3n) is 1.89. The molecule has 2 aliphatic heterocycles. The van der Waals surface area contributed by atoms with Crippen LogP contribution in [0.3, 0.4) is 0 Å². The number of thiocarbonyl (C=S) groups is 1. The Bertz CT molecular complexity index is 189. The van der Waals surface area contributed by atoms with Crippen molar-refractivity contribution in [3.63, 3.8) is 0 Å². The maximum Gasteiger partial charge on any atom is 0.150 e. The minimum Gasteiger partial charge on any atom is -0.379 e. The Hall–Kier alpha value is 0.410. The second-order valence-corrected chi connectivity index (χ2v) is 4.43. The van der Waals surface area contributed by atoms with Crippen LogP contribution in [0.1, 0.15) is 0 Å². The first-order valence-electron chi connectivity index (χ1n) is 3.90. The average Bonchev–Trinajstić information content (AvgIpc) is 2.54. The minimum absolute atomic E-state index is 0. The predicted octanol–water partition coefficient (Wildman–Crippen LogP) is 0.150. The lowest BCUT2D eigenvalue weighted by atomic mass is 10.4. The number of morpholine rings is 1. The van der Waals surface area contributed by atoms with Gasteiger partial charge in [-0.1, -0.05) is 24.0 Å². The van der Waals surface area contributed by atoms with Crippen molar-refractivity contribution >= 4 is 40.7 Å². The summed E-state index contributed by atoms with van der Waals surface area (Å²) in [5.41, 5.74) is 6.34. The van der Waals surface area contributed by atoms with Gasteiger partial charge in [-0.3, -0.25) is 4.90 Å². The Morgan fingerprint density at radius 1 is 1.46 bits per heavy atom. The van der Waals surface area contributed by atoms with Crippen LogP contribution >= 0.6 is 36.4 Å². The van der Waals surface area contributed by atoms with E-state index in [1.807, 2.05) is 0 Å². The van der Waals surface area contributed by atoms with Gasteiger partial charge in [-0.25, -0.2) is 5.43 Å². The van der Waals surface area contributed by atoms with Crippen LogP contribution in [0, 0.1) is 0 Å². The monoisotopic (exact) mass is 241 g/mol. The van der Waals surface area contributed by atoms with E-state index in [0.29, 0.717) is 5.50 Å². The van der Waals surface area contributed by atoms with Crippen molar-refractivity contribution in [1.29, 1.82) is 0 Å². The molecule has 0 saturated carbocycles. The van der Waals surface area contributed by atoms with E-state index in [1.165, 1.54) is 0 Å². The Kier molecular flexibility index (Phi) is 4.71. The van der Waals surface area contributed by atoms with Crippen molar-refractivity contribution in [3.05, 3.63) is 0 Å². The summed E-state index contributed by atoms with van der Waals surface area (Å²) in [4.78, 5) is 2.32. The van der Waals surface area contributed by atoms with Crippen molar-refractivity contribution < 1.29 is 4.74 Å². The molecular weight excluding hydrogens is 230 g/mol. The van der Waals surface area contributed by atoms with E-state index < -0.39 is 0 Å². The molecule has 0 aromatic heterocycles. The molecule has 4 nitrogen and oxygen atoms in total. The van der Waals surface area contributed by atoms with Crippen LogP contribution in [0.25, 0.3) is 0 Å². The first kappa shape index (κ1) is 11.5. The van der Waals surface area contributed by atoms with Gasteiger partial charge >= 0.3 is 0 Å². The molecule has 2 fully saturated rings.